The maximum atomic E-state index is 13.1. The third-order valence-corrected chi connectivity index (χ3v) is 4.69. The Hall–Kier alpha value is -1.69. The van der Waals surface area contributed by atoms with E-state index in [-0.39, 0.29) is 0 Å². The summed E-state index contributed by atoms with van der Waals surface area (Å²) in [5.74, 6) is -0.500. The monoisotopic (exact) mass is 316 g/mol. The van der Waals surface area contributed by atoms with Crippen LogP contribution in [-0.4, -0.2) is 4.21 Å². The fourth-order valence-corrected chi connectivity index (χ4v) is 3.12. The van der Waals surface area contributed by atoms with Crippen molar-refractivity contribution in [2.24, 2.45) is 0 Å². The van der Waals surface area contributed by atoms with Crippen LogP contribution in [0.15, 0.2) is 53.4 Å². The van der Waals surface area contributed by atoms with Crippen molar-refractivity contribution in [3.8, 4) is 0 Å². The predicted octanol–water partition coefficient (Wildman–Crippen LogP) is 4.71. The van der Waals surface area contributed by atoms with Gasteiger partial charge in [0.15, 0.2) is 0 Å². The molecule has 0 heterocycles. The Morgan fingerprint density at radius 2 is 1.67 bits per heavy atom. The lowest BCUT2D eigenvalue weighted by molar-refractivity contribution is -0.137. The molecular weight excluding hydrogens is 304 g/mol. The van der Waals surface area contributed by atoms with Gasteiger partial charge in [-0.3, -0.25) is 4.21 Å². The van der Waals surface area contributed by atoms with Gasteiger partial charge in [0, 0.05) is 4.90 Å². The number of benzene rings is 2. The summed E-state index contributed by atoms with van der Waals surface area (Å²) >= 11 is 0. The van der Waals surface area contributed by atoms with Crippen molar-refractivity contribution in [3.63, 3.8) is 0 Å². The van der Waals surface area contributed by atoms with Crippen LogP contribution in [0.25, 0.3) is 0 Å². The quantitative estimate of drug-likeness (QED) is 0.749. The van der Waals surface area contributed by atoms with Gasteiger partial charge in [0.05, 0.1) is 21.6 Å². The smallest absolute Gasteiger partial charge is 0.254 e. The number of halogens is 4. The first-order valence-corrected chi connectivity index (χ1v) is 7.33. The van der Waals surface area contributed by atoms with E-state index in [1.807, 2.05) is 0 Å². The SMILES string of the molecule is C[C@@H](c1ccc(C(F)(F)F)cc1)[S@@](=O)c1cccc(F)c1. The molecule has 0 bridgehead atoms. The van der Waals surface area contributed by atoms with Crippen molar-refractivity contribution in [1.82, 2.24) is 0 Å². The minimum atomic E-state index is -4.40. The van der Waals surface area contributed by atoms with Crippen LogP contribution in [0.2, 0.25) is 0 Å². The first kappa shape index (κ1) is 15.7. The summed E-state index contributed by atoms with van der Waals surface area (Å²) in [6.45, 7) is 1.63. The van der Waals surface area contributed by atoms with Crippen LogP contribution in [0.5, 0.6) is 0 Å². The summed E-state index contributed by atoms with van der Waals surface area (Å²) in [6.07, 6.45) is -4.40. The number of hydrogen-bond acceptors (Lipinski definition) is 1. The van der Waals surface area contributed by atoms with Crippen LogP contribution in [0.3, 0.4) is 0 Å². The second-order valence-electron chi connectivity index (χ2n) is 4.52. The van der Waals surface area contributed by atoms with Crippen LogP contribution in [0.4, 0.5) is 17.6 Å². The highest BCUT2D eigenvalue weighted by atomic mass is 32.2. The summed E-state index contributed by atoms with van der Waals surface area (Å²) < 4.78 is 62.9. The Labute approximate surface area is 122 Å². The molecule has 0 radical (unpaired) electrons. The van der Waals surface area contributed by atoms with E-state index in [2.05, 4.69) is 0 Å². The van der Waals surface area contributed by atoms with Gasteiger partial charge >= 0.3 is 6.18 Å². The summed E-state index contributed by atoms with van der Waals surface area (Å²) in [5.41, 5.74) is -0.249. The predicted molar refractivity (Wildman–Crippen MR) is 72.7 cm³/mol. The molecular formula is C15H12F4OS. The van der Waals surface area contributed by atoms with E-state index in [0.29, 0.717) is 10.5 Å². The lowest BCUT2D eigenvalue weighted by Crippen LogP contribution is -2.07. The second-order valence-corrected chi connectivity index (χ2v) is 6.29. The normalized spacial score (nSPS) is 14.7. The maximum absolute atomic E-state index is 13.1. The van der Waals surface area contributed by atoms with Gasteiger partial charge in [-0.05, 0) is 42.8 Å². The van der Waals surface area contributed by atoms with E-state index in [0.717, 1.165) is 18.2 Å². The van der Waals surface area contributed by atoms with Gasteiger partial charge in [-0.15, -0.1) is 0 Å². The molecule has 0 aliphatic heterocycles. The van der Waals surface area contributed by atoms with E-state index in [9.17, 15) is 21.8 Å². The third-order valence-electron chi connectivity index (χ3n) is 3.06. The molecule has 2 aromatic rings. The van der Waals surface area contributed by atoms with Crippen molar-refractivity contribution in [2.45, 2.75) is 23.2 Å². The molecule has 0 saturated carbocycles. The summed E-state index contributed by atoms with van der Waals surface area (Å²) in [5, 5.41) is -0.533. The average molecular weight is 316 g/mol. The van der Waals surface area contributed by atoms with Crippen LogP contribution in [0, 0.1) is 5.82 Å². The van der Waals surface area contributed by atoms with Crippen LogP contribution < -0.4 is 0 Å². The molecule has 0 saturated heterocycles. The molecule has 2 atom stereocenters. The Balaban J connectivity index is 2.24. The lowest BCUT2D eigenvalue weighted by atomic mass is 10.1. The maximum Gasteiger partial charge on any atom is 0.416 e. The van der Waals surface area contributed by atoms with Gasteiger partial charge in [0.25, 0.3) is 0 Å². The molecule has 0 N–H and O–H groups in total. The van der Waals surface area contributed by atoms with Gasteiger partial charge in [-0.1, -0.05) is 18.2 Å². The third kappa shape index (κ3) is 3.69. The molecule has 21 heavy (non-hydrogen) atoms. The highest BCUT2D eigenvalue weighted by Gasteiger charge is 2.30. The van der Waals surface area contributed by atoms with Crippen molar-refractivity contribution < 1.29 is 21.8 Å². The molecule has 6 heteroatoms. The van der Waals surface area contributed by atoms with Crippen LogP contribution in [0.1, 0.15) is 23.3 Å². The van der Waals surface area contributed by atoms with Crippen molar-refractivity contribution >= 4 is 10.8 Å². The first-order valence-electron chi connectivity index (χ1n) is 6.12. The zero-order chi connectivity index (χ0) is 15.6. The zero-order valence-corrected chi connectivity index (χ0v) is 11.8. The molecule has 2 aromatic carbocycles. The highest BCUT2D eigenvalue weighted by Crippen LogP contribution is 2.31. The molecule has 0 fully saturated rings. The number of hydrogen-bond donors (Lipinski definition) is 0. The number of rotatable bonds is 3. The first-order chi connectivity index (χ1) is 9.79. The molecule has 0 aromatic heterocycles. The van der Waals surface area contributed by atoms with Gasteiger partial charge in [-0.2, -0.15) is 13.2 Å². The van der Waals surface area contributed by atoms with E-state index in [1.165, 1.54) is 30.3 Å². The lowest BCUT2D eigenvalue weighted by Gasteiger charge is -2.13. The molecule has 0 unspecified atom stereocenters. The molecule has 2 rings (SSSR count). The molecule has 1 nitrogen and oxygen atoms in total. The largest absolute Gasteiger partial charge is 0.416 e. The fourth-order valence-electron chi connectivity index (χ4n) is 1.86. The summed E-state index contributed by atoms with van der Waals surface area (Å²) in [4.78, 5) is 0.308. The van der Waals surface area contributed by atoms with E-state index >= 15 is 0 Å². The van der Waals surface area contributed by atoms with E-state index < -0.39 is 33.6 Å². The minimum Gasteiger partial charge on any atom is -0.254 e. The van der Waals surface area contributed by atoms with Crippen LogP contribution >= 0.6 is 0 Å². The molecule has 112 valence electrons. The summed E-state index contributed by atoms with van der Waals surface area (Å²) in [7, 11) is -1.54. The Kier molecular flexibility index (Phi) is 4.46. The standard InChI is InChI=1S/C15H12F4OS/c1-10(21(20)14-4-2-3-13(16)9-14)11-5-7-12(8-6-11)15(17,18)19/h2-10H,1H3/t10-,21+/m0/s1. The van der Waals surface area contributed by atoms with Gasteiger partial charge < -0.3 is 0 Å². The van der Waals surface area contributed by atoms with Gasteiger partial charge in [0.1, 0.15) is 5.82 Å². The highest BCUT2D eigenvalue weighted by molar-refractivity contribution is 7.85. The second kappa shape index (κ2) is 5.97. The Bertz CT molecular complexity index is 649. The van der Waals surface area contributed by atoms with E-state index in [1.54, 1.807) is 6.92 Å². The minimum absolute atomic E-state index is 0.308. The topological polar surface area (TPSA) is 17.1 Å². The summed E-state index contributed by atoms with van der Waals surface area (Å²) in [6, 6.07) is 9.88. The van der Waals surface area contributed by atoms with Crippen molar-refractivity contribution in [3.05, 3.63) is 65.5 Å². The van der Waals surface area contributed by atoms with Crippen molar-refractivity contribution in [2.75, 3.05) is 0 Å². The van der Waals surface area contributed by atoms with Gasteiger partial charge in [-0.25, -0.2) is 4.39 Å². The van der Waals surface area contributed by atoms with Crippen LogP contribution in [-0.2, 0) is 17.0 Å². The van der Waals surface area contributed by atoms with Crippen molar-refractivity contribution in [1.29, 1.82) is 0 Å². The van der Waals surface area contributed by atoms with E-state index in [4.69, 9.17) is 0 Å². The molecule has 0 spiro atoms. The average Bonchev–Trinajstić information content (AvgIpc) is 2.45. The zero-order valence-electron chi connectivity index (χ0n) is 11.0. The molecule has 0 aliphatic rings. The van der Waals surface area contributed by atoms with Gasteiger partial charge in [0.2, 0.25) is 0 Å². The Morgan fingerprint density at radius 1 is 1.05 bits per heavy atom. The fraction of sp³-hybridized carbons (Fsp3) is 0.200. The molecule has 0 amide bonds. The number of alkyl halides is 3. The Morgan fingerprint density at radius 3 is 2.19 bits per heavy atom. The molecule has 0 aliphatic carbocycles.